The monoisotopic (exact) mass is 258 g/mol. The van der Waals surface area contributed by atoms with Gasteiger partial charge in [0.05, 0.1) is 30.7 Å². The summed E-state index contributed by atoms with van der Waals surface area (Å²) in [5.41, 5.74) is 1.79. The lowest BCUT2D eigenvalue weighted by Gasteiger charge is -2.20. The molecule has 0 aliphatic rings. The van der Waals surface area contributed by atoms with E-state index in [0.29, 0.717) is 11.7 Å². The largest absolute Gasteiger partial charge is 0.394 e. The van der Waals surface area contributed by atoms with Crippen molar-refractivity contribution in [2.24, 2.45) is 5.92 Å². The molecular formula is C14H18N4O. The van der Waals surface area contributed by atoms with E-state index in [0.717, 1.165) is 11.3 Å². The summed E-state index contributed by atoms with van der Waals surface area (Å²) in [6.07, 6.45) is 6.85. The van der Waals surface area contributed by atoms with Crippen LogP contribution in [0, 0.1) is 5.92 Å². The first kappa shape index (κ1) is 13.4. The molecule has 0 aliphatic carbocycles. The molecule has 19 heavy (non-hydrogen) atoms. The highest BCUT2D eigenvalue weighted by molar-refractivity contribution is 5.57. The molecule has 0 spiro atoms. The summed E-state index contributed by atoms with van der Waals surface area (Å²) in [5.74, 6) is 0.997. The van der Waals surface area contributed by atoms with E-state index in [1.165, 1.54) is 0 Å². The highest BCUT2D eigenvalue weighted by atomic mass is 16.3. The fourth-order valence-electron chi connectivity index (χ4n) is 1.69. The van der Waals surface area contributed by atoms with Gasteiger partial charge in [-0.25, -0.2) is 4.98 Å². The van der Waals surface area contributed by atoms with E-state index < -0.39 is 0 Å². The maximum absolute atomic E-state index is 9.27. The first-order valence-electron chi connectivity index (χ1n) is 6.30. The van der Waals surface area contributed by atoms with Gasteiger partial charge < -0.3 is 10.4 Å². The van der Waals surface area contributed by atoms with Crippen LogP contribution < -0.4 is 5.32 Å². The number of rotatable bonds is 5. The van der Waals surface area contributed by atoms with Gasteiger partial charge >= 0.3 is 0 Å². The van der Waals surface area contributed by atoms with Crippen LogP contribution in [-0.2, 0) is 0 Å². The Morgan fingerprint density at radius 1 is 1.16 bits per heavy atom. The van der Waals surface area contributed by atoms with Crippen LogP contribution in [0.2, 0.25) is 0 Å². The minimum absolute atomic E-state index is 0.0129. The molecule has 100 valence electrons. The molecule has 0 bridgehead atoms. The molecule has 5 heteroatoms. The maximum Gasteiger partial charge on any atom is 0.144 e. The van der Waals surface area contributed by atoms with Crippen LogP contribution in [0.25, 0.3) is 11.3 Å². The Hall–Kier alpha value is -2.01. The highest BCUT2D eigenvalue weighted by Gasteiger charge is 2.12. The second kappa shape index (κ2) is 6.24. The second-order valence-corrected chi connectivity index (χ2v) is 4.70. The third-order valence-electron chi connectivity index (χ3n) is 2.96. The third kappa shape index (κ3) is 3.48. The number of nitrogens with one attached hydrogen (secondary N) is 1. The molecule has 2 aromatic rings. The van der Waals surface area contributed by atoms with E-state index >= 15 is 0 Å². The quantitative estimate of drug-likeness (QED) is 0.858. The van der Waals surface area contributed by atoms with Gasteiger partial charge in [-0.15, -0.1) is 0 Å². The van der Waals surface area contributed by atoms with E-state index in [4.69, 9.17) is 0 Å². The Kier molecular flexibility index (Phi) is 4.41. The molecule has 0 aromatic carbocycles. The number of pyridine rings is 1. The van der Waals surface area contributed by atoms with Crippen molar-refractivity contribution in [2.75, 3.05) is 11.9 Å². The van der Waals surface area contributed by atoms with Crippen molar-refractivity contribution >= 4 is 5.82 Å². The number of hydrogen-bond donors (Lipinski definition) is 2. The second-order valence-electron chi connectivity index (χ2n) is 4.70. The van der Waals surface area contributed by atoms with Crippen molar-refractivity contribution in [1.82, 2.24) is 15.0 Å². The molecule has 2 rings (SSSR count). The van der Waals surface area contributed by atoms with E-state index in [9.17, 15) is 5.11 Å². The standard InChI is InChI=1S/C14H18N4O/c1-10(2)13(9-19)18-14-8-16-12(7-17-14)11-3-5-15-6-4-11/h3-8,10,13,19H,9H2,1-2H3,(H,17,18). The zero-order chi connectivity index (χ0) is 13.7. The average molecular weight is 258 g/mol. The summed E-state index contributed by atoms with van der Waals surface area (Å²) in [6, 6.07) is 3.77. The van der Waals surface area contributed by atoms with Gasteiger partial charge in [-0.05, 0) is 18.1 Å². The molecule has 2 aromatic heterocycles. The van der Waals surface area contributed by atoms with Gasteiger partial charge in [0.25, 0.3) is 0 Å². The summed E-state index contributed by atoms with van der Waals surface area (Å²) in [5, 5.41) is 12.4. The van der Waals surface area contributed by atoms with Crippen molar-refractivity contribution in [1.29, 1.82) is 0 Å². The fourth-order valence-corrected chi connectivity index (χ4v) is 1.69. The van der Waals surface area contributed by atoms with Gasteiger partial charge in [0.1, 0.15) is 5.82 Å². The van der Waals surface area contributed by atoms with E-state index in [1.807, 2.05) is 26.0 Å². The van der Waals surface area contributed by atoms with Crippen LogP contribution in [0.5, 0.6) is 0 Å². The van der Waals surface area contributed by atoms with Crippen LogP contribution in [0.15, 0.2) is 36.9 Å². The molecule has 2 heterocycles. The van der Waals surface area contributed by atoms with Crippen molar-refractivity contribution < 1.29 is 5.11 Å². The molecule has 0 radical (unpaired) electrons. The number of aromatic nitrogens is 3. The summed E-state index contributed by atoms with van der Waals surface area (Å²) in [6.45, 7) is 4.17. The maximum atomic E-state index is 9.27. The Morgan fingerprint density at radius 3 is 2.42 bits per heavy atom. The van der Waals surface area contributed by atoms with Crippen molar-refractivity contribution in [3.8, 4) is 11.3 Å². The Bertz CT molecular complexity index is 499. The molecule has 0 saturated heterocycles. The van der Waals surface area contributed by atoms with Crippen LogP contribution >= 0.6 is 0 Å². The minimum Gasteiger partial charge on any atom is -0.394 e. The van der Waals surface area contributed by atoms with E-state index in [2.05, 4.69) is 20.3 Å². The predicted molar refractivity (Wildman–Crippen MR) is 74.6 cm³/mol. The van der Waals surface area contributed by atoms with Crippen molar-refractivity contribution in [2.45, 2.75) is 19.9 Å². The average Bonchev–Trinajstić information content (AvgIpc) is 2.46. The SMILES string of the molecule is CC(C)C(CO)Nc1cnc(-c2ccncc2)cn1. The Balaban J connectivity index is 2.11. The van der Waals surface area contributed by atoms with Crippen LogP contribution in [-0.4, -0.2) is 32.7 Å². The van der Waals surface area contributed by atoms with Crippen LogP contribution in [0.1, 0.15) is 13.8 Å². The van der Waals surface area contributed by atoms with E-state index in [1.54, 1.807) is 24.8 Å². The normalized spacial score (nSPS) is 12.4. The number of aliphatic hydroxyl groups is 1. The first-order valence-corrected chi connectivity index (χ1v) is 6.30. The Morgan fingerprint density at radius 2 is 1.89 bits per heavy atom. The topological polar surface area (TPSA) is 70.9 Å². The molecule has 2 N–H and O–H groups in total. The summed E-state index contributed by atoms with van der Waals surface area (Å²) in [4.78, 5) is 12.7. The summed E-state index contributed by atoms with van der Waals surface area (Å²) in [7, 11) is 0. The molecule has 0 amide bonds. The Labute approximate surface area is 112 Å². The van der Waals surface area contributed by atoms with Crippen molar-refractivity contribution in [3.05, 3.63) is 36.9 Å². The minimum atomic E-state index is -0.0129. The zero-order valence-corrected chi connectivity index (χ0v) is 11.1. The number of hydrogen-bond acceptors (Lipinski definition) is 5. The number of aliphatic hydroxyl groups excluding tert-OH is 1. The summed E-state index contributed by atoms with van der Waals surface area (Å²) >= 11 is 0. The number of nitrogens with zero attached hydrogens (tertiary/aromatic N) is 3. The van der Waals surface area contributed by atoms with Crippen LogP contribution in [0.3, 0.4) is 0 Å². The molecule has 5 nitrogen and oxygen atoms in total. The lowest BCUT2D eigenvalue weighted by Crippen LogP contribution is -2.29. The molecular weight excluding hydrogens is 240 g/mol. The third-order valence-corrected chi connectivity index (χ3v) is 2.96. The van der Waals surface area contributed by atoms with Gasteiger partial charge in [0.2, 0.25) is 0 Å². The summed E-state index contributed by atoms with van der Waals surface area (Å²) < 4.78 is 0. The number of anilines is 1. The fraction of sp³-hybridized carbons (Fsp3) is 0.357. The molecule has 1 atom stereocenters. The van der Waals surface area contributed by atoms with Gasteiger partial charge in [-0.2, -0.15) is 0 Å². The molecule has 1 unspecified atom stereocenters. The van der Waals surface area contributed by atoms with Crippen LogP contribution in [0.4, 0.5) is 5.82 Å². The smallest absolute Gasteiger partial charge is 0.144 e. The van der Waals surface area contributed by atoms with Crippen molar-refractivity contribution in [3.63, 3.8) is 0 Å². The predicted octanol–water partition coefficient (Wildman–Crippen LogP) is 1.97. The van der Waals surface area contributed by atoms with Gasteiger partial charge in [0.15, 0.2) is 0 Å². The lowest BCUT2D eigenvalue weighted by atomic mass is 10.1. The lowest BCUT2D eigenvalue weighted by molar-refractivity contribution is 0.249. The first-order chi connectivity index (χ1) is 9.20. The zero-order valence-electron chi connectivity index (χ0n) is 11.1. The van der Waals surface area contributed by atoms with Gasteiger partial charge in [-0.1, -0.05) is 13.8 Å². The molecule has 0 aliphatic heterocycles. The molecule has 0 saturated carbocycles. The van der Waals surface area contributed by atoms with E-state index in [-0.39, 0.29) is 12.6 Å². The van der Waals surface area contributed by atoms with Gasteiger partial charge in [-0.3, -0.25) is 9.97 Å². The van der Waals surface area contributed by atoms with Gasteiger partial charge in [0, 0.05) is 18.0 Å². The molecule has 0 fully saturated rings. The highest BCUT2D eigenvalue weighted by Crippen LogP contribution is 2.16.